The number of nitrogens with one attached hydrogen (secondary N) is 1. The van der Waals surface area contributed by atoms with Gasteiger partial charge in [-0.1, -0.05) is 0 Å². The lowest BCUT2D eigenvalue weighted by molar-refractivity contribution is -0.119. The summed E-state index contributed by atoms with van der Waals surface area (Å²) in [4.78, 5) is 31.2. The van der Waals surface area contributed by atoms with E-state index in [4.69, 9.17) is 5.73 Å². The van der Waals surface area contributed by atoms with Gasteiger partial charge in [0.15, 0.2) is 0 Å². The number of amides is 2. The Hall–Kier alpha value is -3.49. The molecule has 2 aromatic rings. The molecular weight excluding hydrogens is 387 g/mol. The van der Waals surface area contributed by atoms with Crippen LogP contribution in [0.1, 0.15) is 25.7 Å². The fraction of sp³-hybridized carbons (Fsp3) is 0.333. The number of nitrogens with two attached hydrogens (primary N) is 1. The zero-order valence-corrected chi connectivity index (χ0v) is 16.4. The summed E-state index contributed by atoms with van der Waals surface area (Å²) in [5, 5.41) is 8.38. The van der Waals surface area contributed by atoms with E-state index in [1.54, 1.807) is 12.3 Å². The van der Waals surface area contributed by atoms with Gasteiger partial charge >= 0.3 is 0 Å². The summed E-state index contributed by atoms with van der Waals surface area (Å²) >= 11 is 0. The number of carbonyl (C=O) groups excluding carboxylic acids is 2. The Morgan fingerprint density at radius 3 is 2.43 bits per heavy atom. The smallest absolute Gasteiger partial charge is 0.272 e. The number of aromatic nitrogens is 1. The first kappa shape index (κ1) is 19.8. The minimum Gasteiger partial charge on any atom is -0.368 e. The Labute approximate surface area is 173 Å². The van der Waals surface area contributed by atoms with Gasteiger partial charge < -0.3 is 16.0 Å². The van der Waals surface area contributed by atoms with Gasteiger partial charge in [0.25, 0.3) is 5.91 Å². The molecule has 1 saturated heterocycles. The number of pyridine rings is 1. The number of hydrogen-bond acceptors (Lipinski definition) is 6. The van der Waals surface area contributed by atoms with Crippen molar-refractivity contribution in [3.05, 3.63) is 48.4 Å². The van der Waals surface area contributed by atoms with Crippen LogP contribution in [0.2, 0.25) is 0 Å². The van der Waals surface area contributed by atoms with E-state index in [1.807, 2.05) is 6.07 Å². The molecule has 2 aliphatic heterocycles. The van der Waals surface area contributed by atoms with Crippen LogP contribution in [0, 0.1) is 5.82 Å². The molecule has 0 radical (unpaired) electrons. The number of rotatable bonds is 5. The average molecular weight is 410 g/mol. The van der Waals surface area contributed by atoms with Gasteiger partial charge in [-0.05, 0) is 55.7 Å². The molecule has 0 aliphatic carbocycles. The van der Waals surface area contributed by atoms with Crippen molar-refractivity contribution in [2.75, 3.05) is 28.3 Å². The SMILES string of the molecule is NC(=O)C1CC(C(=O)Nc2ccc(N3CCCCC3)nc2)=NN1c1ccc(F)cc1. The third-order valence-electron chi connectivity index (χ3n) is 5.28. The summed E-state index contributed by atoms with van der Waals surface area (Å²) in [5.74, 6) is -0.560. The monoisotopic (exact) mass is 410 g/mol. The molecule has 1 aromatic heterocycles. The van der Waals surface area contributed by atoms with E-state index in [0.29, 0.717) is 11.4 Å². The van der Waals surface area contributed by atoms with Crippen LogP contribution in [0.3, 0.4) is 0 Å². The maximum absolute atomic E-state index is 13.2. The molecule has 30 heavy (non-hydrogen) atoms. The van der Waals surface area contributed by atoms with Gasteiger partial charge in [0.1, 0.15) is 23.4 Å². The highest BCUT2D eigenvalue weighted by atomic mass is 19.1. The number of anilines is 3. The van der Waals surface area contributed by atoms with Crippen molar-refractivity contribution in [2.45, 2.75) is 31.7 Å². The summed E-state index contributed by atoms with van der Waals surface area (Å²) in [7, 11) is 0. The van der Waals surface area contributed by atoms with Gasteiger partial charge in [0.2, 0.25) is 5.91 Å². The van der Waals surface area contributed by atoms with Gasteiger partial charge in [-0.25, -0.2) is 9.37 Å². The second kappa shape index (κ2) is 8.48. The molecule has 3 N–H and O–H groups in total. The molecular formula is C21H23FN6O2. The van der Waals surface area contributed by atoms with Crippen LogP contribution in [0.25, 0.3) is 0 Å². The highest BCUT2D eigenvalue weighted by molar-refractivity contribution is 6.44. The Morgan fingerprint density at radius 1 is 1.07 bits per heavy atom. The molecule has 4 rings (SSSR count). The molecule has 3 heterocycles. The fourth-order valence-corrected chi connectivity index (χ4v) is 3.67. The number of piperidine rings is 1. The predicted molar refractivity (Wildman–Crippen MR) is 113 cm³/mol. The number of hydrogen-bond donors (Lipinski definition) is 2. The molecule has 9 heteroatoms. The molecule has 1 unspecified atom stereocenters. The van der Waals surface area contributed by atoms with Crippen molar-refractivity contribution >= 4 is 34.7 Å². The third-order valence-corrected chi connectivity index (χ3v) is 5.28. The van der Waals surface area contributed by atoms with Gasteiger partial charge in [0, 0.05) is 19.5 Å². The van der Waals surface area contributed by atoms with Crippen LogP contribution >= 0.6 is 0 Å². The molecule has 2 aliphatic rings. The lowest BCUT2D eigenvalue weighted by Gasteiger charge is -2.27. The summed E-state index contributed by atoms with van der Waals surface area (Å²) in [6, 6.07) is 8.36. The Balaban J connectivity index is 1.46. The van der Waals surface area contributed by atoms with Crippen molar-refractivity contribution in [1.82, 2.24) is 4.98 Å². The Kier molecular flexibility index (Phi) is 5.60. The third kappa shape index (κ3) is 4.24. The summed E-state index contributed by atoms with van der Waals surface area (Å²) in [6.45, 7) is 1.98. The van der Waals surface area contributed by atoms with E-state index in [1.165, 1.54) is 35.7 Å². The summed E-state index contributed by atoms with van der Waals surface area (Å²) in [5.41, 5.74) is 6.68. The highest BCUT2D eigenvalue weighted by Crippen LogP contribution is 2.25. The van der Waals surface area contributed by atoms with E-state index in [-0.39, 0.29) is 12.1 Å². The van der Waals surface area contributed by atoms with E-state index in [0.717, 1.165) is 31.7 Å². The van der Waals surface area contributed by atoms with Gasteiger partial charge in [-0.15, -0.1) is 0 Å². The maximum atomic E-state index is 13.2. The predicted octanol–water partition coefficient (Wildman–Crippen LogP) is 2.27. The second-order valence-corrected chi connectivity index (χ2v) is 7.40. The zero-order chi connectivity index (χ0) is 21.1. The van der Waals surface area contributed by atoms with E-state index < -0.39 is 23.7 Å². The van der Waals surface area contributed by atoms with Crippen LogP contribution in [0.4, 0.5) is 21.6 Å². The molecule has 2 amide bonds. The second-order valence-electron chi connectivity index (χ2n) is 7.40. The van der Waals surface area contributed by atoms with Crippen molar-refractivity contribution < 1.29 is 14.0 Å². The lowest BCUT2D eigenvalue weighted by Crippen LogP contribution is -2.39. The van der Waals surface area contributed by atoms with Gasteiger partial charge in [-0.2, -0.15) is 5.10 Å². The minimum absolute atomic E-state index is 0.0673. The van der Waals surface area contributed by atoms with Crippen LogP contribution in [-0.2, 0) is 9.59 Å². The molecule has 1 atom stereocenters. The Morgan fingerprint density at radius 2 is 1.80 bits per heavy atom. The Bertz CT molecular complexity index is 954. The van der Waals surface area contributed by atoms with Crippen molar-refractivity contribution in [1.29, 1.82) is 0 Å². The number of benzene rings is 1. The topological polar surface area (TPSA) is 104 Å². The van der Waals surface area contributed by atoms with E-state index in [9.17, 15) is 14.0 Å². The van der Waals surface area contributed by atoms with Crippen molar-refractivity contribution in [3.8, 4) is 0 Å². The maximum Gasteiger partial charge on any atom is 0.272 e. The van der Waals surface area contributed by atoms with Crippen LogP contribution in [0.15, 0.2) is 47.7 Å². The van der Waals surface area contributed by atoms with Crippen LogP contribution in [-0.4, -0.2) is 41.6 Å². The molecule has 8 nitrogen and oxygen atoms in total. The first-order valence-electron chi connectivity index (χ1n) is 9.95. The largest absolute Gasteiger partial charge is 0.368 e. The minimum atomic E-state index is -0.809. The standard InChI is InChI=1S/C21H23FN6O2/c22-14-4-7-16(8-5-14)28-18(20(23)29)12-17(26-28)21(30)25-15-6-9-19(24-13-15)27-10-2-1-3-11-27/h4-9,13,18H,1-3,10-12H2,(H2,23,29)(H,25,30). The highest BCUT2D eigenvalue weighted by Gasteiger charge is 2.35. The van der Waals surface area contributed by atoms with Crippen LogP contribution in [0.5, 0.6) is 0 Å². The van der Waals surface area contributed by atoms with Crippen molar-refractivity contribution in [2.24, 2.45) is 10.8 Å². The molecule has 0 bridgehead atoms. The first-order valence-corrected chi connectivity index (χ1v) is 9.95. The number of halogens is 1. The van der Waals surface area contributed by atoms with E-state index in [2.05, 4.69) is 20.3 Å². The summed E-state index contributed by atoms with van der Waals surface area (Å²) < 4.78 is 13.2. The number of hydrazone groups is 1. The summed E-state index contributed by atoms with van der Waals surface area (Å²) in [6.07, 6.45) is 5.24. The lowest BCUT2D eigenvalue weighted by atomic mass is 10.1. The fourth-order valence-electron chi connectivity index (χ4n) is 3.67. The normalized spacial score (nSPS) is 18.8. The molecule has 1 fully saturated rings. The van der Waals surface area contributed by atoms with Gasteiger partial charge in [0.05, 0.1) is 17.6 Å². The van der Waals surface area contributed by atoms with Crippen LogP contribution < -0.4 is 21.0 Å². The molecule has 0 saturated carbocycles. The first-order chi connectivity index (χ1) is 14.5. The zero-order valence-electron chi connectivity index (χ0n) is 16.4. The van der Waals surface area contributed by atoms with E-state index >= 15 is 0 Å². The van der Waals surface area contributed by atoms with Crippen molar-refractivity contribution in [3.63, 3.8) is 0 Å². The molecule has 0 spiro atoms. The van der Waals surface area contributed by atoms with Gasteiger partial charge in [-0.3, -0.25) is 14.6 Å². The molecule has 156 valence electrons. The average Bonchev–Trinajstić information content (AvgIpc) is 3.21. The molecule has 1 aromatic carbocycles. The quantitative estimate of drug-likeness (QED) is 0.787. The number of primary amides is 1. The number of nitrogens with zero attached hydrogens (tertiary/aromatic N) is 4. The number of carbonyl (C=O) groups is 2.